The van der Waals surface area contributed by atoms with Crippen molar-refractivity contribution in [2.24, 2.45) is 4.99 Å². The molecule has 1 N–H and O–H groups in total. The van der Waals surface area contributed by atoms with Crippen LogP contribution in [0.4, 0.5) is 0 Å². The third-order valence-electron chi connectivity index (χ3n) is 2.74. The fourth-order valence-electron chi connectivity index (χ4n) is 1.27. The van der Waals surface area contributed by atoms with Gasteiger partial charge in [-0.05, 0) is 67.6 Å². The van der Waals surface area contributed by atoms with E-state index in [1.807, 2.05) is 26.8 Å². The summed E-state index contributed by atoms with van der Waals surface area (Å²) in [6, 6.07) is 1.36. The van der Waals surface area contributed by atoms with Gasteiger partial charge in [0.25, 0.3) is 0 Å². The van der Waals surface area contributed by atoms with Gasteiger partial charge < -0.3 is 10.2 Å². The van der Waals surface area contributed by atoms with Crippen molar-refractivity contribution in [2.45, 2.75) is 94.7 Å². The minimum absolute atomic E-state index is 0. The minimum Gasteiger partial charge on any atom is -0.315 e. The van der Waals surface area contributed by atoms with Crippen LogP contribution < -0.4 is 5.32 Å². The van der Waals surface area contributed by atoms with Crippen molar-refractivity contribution >= 4 is 5.71 Å². The summed E-state index contributed by atoms with van der Waals surface area (Å²) in [6.45, 7) is 21.4. The molecule has 0 saturated heterocycles. The Morgan fingerprint density at radius 2 is 1.61 bits per heavy atom. The molecule has 0 fully saturated rings. The van der Waals surface area contributed by atoms with E-state index in [9.17, 15) is 0 Å². The Bertz CT molecular complexity index is 252. The summed E-state index contributed by atoms with van der Waals surface area (Å²) in [7, 11) is 2.16. The molecule has 0 aromatic heterocycles. The molecule has 23 heavy (non-hydrogen) atoms. The standard InChI is InChI=1S/C7H17N.C6H15N.C6H11N.CH4/c1-5-6-8(4)7(2)3;2*1-4-5-7-6(2)3;/h7H,5-6H2,1-4H3;6-7H,4-5H2,1-3H3;4-5H,1-3H3;1H4/b;;5-4-;. The molecule has 0 saturated carbocycles. The fraction of sp³-hybridized carbons (Fsp3) is 0.850. The lowest BCUT2D eigenvalue weighted by Gasteiger charge is -2.19. The van der Waals surface area contributed by atoms with Crippen LogP contribution in [-0.4, -0.2) is 42.8 Å². The predicted molar refractivity (Wildman–Crippen MR) is 112 cm³/mol. The summed E-state index contributed by atoms with van der Waals surface area (Å²) in [5.41, 5.74) is 1.10. The molecule has 0 rings (SSSR count). The third kappa shape index (κ3) is 38.8. The molecule has 0 atom stereocenters. The lowest BCUT2D eigenvalue weighted by molar-refractivity contribution is 0.275. The van der Waals surface area contributed by atoms with Gasteiger partial charge in [0, 0.05) is 24.0 Å². The molecule has 3 heteroatoms. The number of nitrogens with one attached hydrogen (secondary N) is 1. The van der Waals surface area contributed by atoms with Crippen LogP contribution in [0, 0.1) is 0 Å². The first-order chi connectivity index (χ1) is 10.2. The molecule has 0 aliphatic carbocycles. The van der Waals surface area contributed by atoms with Crippen LogP contribution in [0.5, 0.6) is 0 Å². The summed E-state index contributed by atoms with van der Waals surface area (Å²) in [5.74, 6) is 0. The van der Waals surface area contributed by atoms with Gasteiger partial charge in [-0.1, -0.05) is 41.2 Å². The number of allylic oxidation sites excluding steroid dienone is 1. The lowest BCUT2D eigenvalue weighted by atomic mass is 10.3. The van der Waals surface area contributed by atoms with Gasteiger partial charge in [-0.15, -0.1) is 0 Å². The van der Waals surface area contributed by atoms with E-state index < -0.39 is 0 Å². The molecular weight excluding hydrogens is 282 g/mol. The Labute approximate surface area is 148 Å². The topological polar surface area (TPSA) is 27.6 Å². The molecule has 0 unspecified atom stereocenters. The van der Waals surface area contributed by atoms with Crippen LogP contribution in [0.2, 0.25) is 0 Å². The molecule has 0 aliphatic heterocycles. The first-order valence-corrected chi connectivity index (χ1v) is 8.78. The average Bonchev–Trinajstić information content (AvgIpc) is 2.44. The lowest BCUT2D eigenvalue weighted by Crippen LogP contribution is -2.26. The van der Waals surface area contributed by atoms with E-state index in [2.05, 4.69) is 63.8 Å². The number of nitrogens with zero attached hydrogens (tertiary/aromatic N) is 2. The minimum atomic E-state index is 0. The molecule has 0 aliphatic rings. The fourth-order valence-corrected chi connectivity index (χ4v) is 1.27. The average molecular weight is 330 g/mol. The second kappa shape index (κ2) is 23.6. The summed E-state index contributed by atoms with van der Waals surface area (Å²) in [4.78, 5) is 6.33. The SMILES string of the molecule is C.C/C=C\N=C(C)C.CCCN(C)C(C)C.CCCNC(C)C. The summed E-state index contributed by atoms with van der Waals surface area (Å²) in [5, 5.41) is 3.30. The van der Waals surface area contributed by atoms with E-state index in [-0.39, 0.29) is 7.43 Å². The largest absolute Gasteiger partial charge is 0.315 e. The van der Waals surface area contributed by atoms with Gasteiger partial charge in [0.15, 0.2) is 0 Å². The zero-order valence-electron chi connectivity index (χ0n) is 17.0. The molecule has 0 radical (unpaired) electrons. The molecule has 0 spiro atoms. The molecule has 0 heterocycles. The molecule has 142 valence electrons. The maximum absolute atomic E-state index is 3.98. The van der Waals surface area contributed by atoms with Crippen LogP contribution in [-0.2, 0) is 0 Å². The Kier molecular flexibility index (Phi) is 31.0. The highest BCUT2D eigenvalue weighted by molar-refractivity contribution is 5.79. The van der Waals surface area contributed by atoms with Crippen LogP contribution in [0.15, 0.2) is 17.3 Å². The third-order valence-corrected chi connectivity index (χ3v) is 2.74. The van der Waals surface area contributed by atoms with Crippen molar-refractivity contribution in [2.75, 3.05) is 20.1 Å². The Morgan fingerprint density at radius 3 is 1.74 bits per heavy atom. The van der Waals surface area contributed by atoms with E-state index in [1.54, 1.807) is 6.20 Å². The van der Waals surface area contributed by atoms with Crippen LogP contribution >= 0.6 is 0 Å². The zero-order chi connectivity index (χ0) is 18.0. The van der Waals surface area contributed by atoms with Gasteiger partial charge in [0.2, 0.25) is 0 Å². The zero-order valence-corrected chi connectivity index (χ0v) is 17.0. The van der Waals surface area contributed by atoms with Crippen molar-refractivity contribution < 1.29 is 0 Å². The molecular formula is C20H47N3. The number of aliphatic imine (C=N–C) groups is 1. The Morgan fingerprint density at radius 1 is 1.09 bits per heavy atom. The Balaban J connectivity index is -0.000000116. The monoisotopic (exact) mass is 329 g/mol. The van der Waals surface area contributed by atoms with Gasteiger partial charge in [-0.2, -0.15) is 0 Å². The first-order valence-electron chi connectivity index (χ1n) is 8.78. The maximum Gasteiger partial charge on any atom is 0.0224 e. The summed E-state index contributed by atoms with van der Waals surface area (Å²) >= 11 is 0. The highest BCUT2D eigenvalue weighted by atomic mass is 15.1. The Hall–Kier alpha value is -0.670. The molecule has 0 amide bonds. The van der Waals surface area contributed by atoms with E-state index in [0.29, 0.717) is 12.1 Å². The summed E-state index contributed by atoms with van der Waals surface area (Å²) in [6.07, 6.45) is 6.19. The van der Waals surface area contributed by atoms with E-state index in [1.165, 1.54) is 19.4 Å². The molecule has 3 nitrogen and oxygen atoms in total. The quantitative estimate of drug-likeness (QED) is 0.601. The molecule has 0 aromatic carbocycles. The number of hydrogen-bond acceptors (Lipinski definition) is 3. The number of rotatable bonds is 7. The van der Waals surface area contributed by atoms with Gasteiger partial charge in [-0.25, -0.2) is 0 Å². The van der Waals surface area contributed by atoms with E-state index in [4.69, 9.17) is 0 Å². The van der Waals surface area contributed by atoms with Gasteiger partial charge in [0.1, 0.15) is 0 Å². The normalized spacial score (nSPS) is 9.96. The predicted octanol–water partition coefficient (Wildman–Crippen LogP) is 5.77. The molecule has 0 aromatic rings. The van der Waals surface area contributed by atoms with Crippen LogP contribution in [0.3, 0.4) is 0 Å². The maximum atomic E-state index is 3.98. The second-order valence-corrected chi connectivity index (χ2v) is 6.24. The van der Waals surface area contributed by atoms with E-state index >= 15 is 0 Å². The van der Waals surface area contributed by atoms with Crippen LogP contribution in [0.25, 0.3) is 0 Å². The van der Waals surface area contributed by atoms with Crippen molar-refractivity contribution in [1.82, 2.24) is 10.2 Å². The van der Waals surface area contributed by atoms with Crippen molar-refractivity contribution in [1.29, 1.82) is 0 Å². The first kappa shape index (κ1) is 30.2. The van der Waals surface area contributed by atoms with Crippen molar-refractivity contribution in [3.63, 3.8) is 0 Å². The summed E-state index contributed by atoms with van der Waals surface area (Å²) < 4.78 is 0. The second-order valence-electron chi connectivity index (χ2n) is 6.24. The van der Waals surface area contributed by atoms with Crippen molar-refractivity contribution in [3.8, 4) is 0 Å². The smallest absolute Gasteiger partial charge is 0.0224 e. The van der Waals surface area contributed by atoms with Gasteiger partial charge >= 0.3 is 0 Å². The molecule has 0 bridgehead atoms. The van der Waals surface area contributed by atoms with Crippen LogP contribution in [0.1, 0.15) is 82.6 Å². The van der Waals surface area contributed by atoms with Gasteiger partial charge in [0.05, 0.1) is 0 Å². The van der Waals surface area contributed by atoms with E-state index in [0.717, 1.165) is 12.3 Å². The highest BCUT2D eigenvalue weighted by Gasteiger charge is 1.98. The van der Waals surface area contributed by atoms with Crippen molar-refractivity contribution in [3.05, 3.63) is 12.3 Å². The number of hydrogen-bond donors (Lipinski definition) is 1. The highest BCUT2D eigenvalue weighted by Crippen LogP contribution is 1.93. The van der Waals surface area contributed by atoms with Gasteiger partial charge in [-0.3, -0.25) is 4.99 Å².